The molecule has 1 atom stereocenters. The number of aliphatic imine (C=N–C) groups is 1. The van der Waals surface area contributed by atoms with E-state index in [2.05, 4.69) is 27.6 Å². The molecule has 0 aromatic rings. The highest BCUT2D eigenvalue weighted by Gasteiger charge is 1.92. The second-order valence-electron chi connectivity index (χ2n) is 1.98. The third-order valence-corrected chi connectivity index (χ3v) is 1.22. The summed E-state index contributed by atoms with van der Waals surface area (Å²) in [6.07, 6.45) is 1.42. The fraction of sp³-hybridized carbons (Fsp3) is 0.667. The Balaban J connectivity index is 3.49. The average molecular weight is 238 g/mol. The van der Waals surface area contributed by atoms with Crippen LogP contribution >= 0.6 is 22.6 Å². The average Bonchev–Trinajstić information content (AvgIpc) is 1.83. The van der Waals surface area contributed by atoms with Gasteiger partial charge in [0.25, 0.3) is 0 Å². The van der Waals surface area contributed by atoms with E-state index in [0.717, 1.165) is 10.3 Å². The number of rotatable bonds is 3. The molecule has 0 aliphatic rings. The lowest BCUT2D eigenvalue weighted by molar-refractivity contribution is 0.798. The largest absolute Gasteiger partial charge is 0.313 e. The monoisotopic (exact) mass is 238 g/mol. The van der Waals surface area contributed by atoms with E-state index in [-0.39, 0.29) is 5.92 Å². The molecular weight excluding hydrogens is 227 g/mol. The van der Waals surface area contributed by atoms with Crippen molar-refractivity contribution in [2.45, 2.75) is 13.8 Å². The summed E-state index contributed by atoms with van der Waals surface area (Å²) in [5.41, 5.74) is 0. The Kier molecular flexibility index (Phi) is 4.94. The minimum absolute atomic E-state index is 0.287. The van der Waals surface area contributed by atoms with E-state index in [1.807, 2.05) is 13.8 Å². The Morgan fingerprint density at radius 3 is 2.78 bits per heavy atom. The van der Waals surface area contributed by atoms with Crippen LogP contribution in [0.15, 0.2) is 4.99 Å². The number of nitrogens with zero attached hydrogens (tertiary/aromatic N) is 1. The predicted molar refractivity (Wildman–Crippen MR) is 49.9 cm³/mol. The molecule has 0 heterocycles. The first-order valence-electron chi connectivity index (χ1n) is 2.84. The molecule has 0 aromatic carbocycles. The number of hydrogen-bond acceptors (Lipinski definition) is 2. The van der Waals surface area contributed by atoms with Crippen molar-refractivity contribution in [3.8, 4) is 0 Å². The highest BCUT2D eigenvalue weighted by Crippen LogP contribution is 1.94. The van der Waals surface area contributed by atoms with Gasteiger partial charge in [-0.15, -0.1) is 0 Å². The zero-order chi connectivity index (χ0) is 7.28. The van der Waals surface area contributed by atoms with E-state index in [1.165, 1.54) is 6.21 Å². The minimum atomic E-state index is 0.287. The van der Waals surface area contributed by atoms with Crippen molar-refractivity contribution in [1.29, 1.82) is 5.41 Å². The molecule has 2 nitrogen and oxygen atoms in total. The van der Waals surface area contributed by atoms with Crippen molar-refractivity contribution in [1.82, 2.24) is 0 Å². The minimum Gasteiger partial charge on any atom is -0.313 e. The first-order valence-corrected chi connectivity index (χ1v) is 3.92. The van der Waals surface area contributed by atoms with Gasteiger partial charge in [0.1, 0.15) is 0 Å². The molecule has 1 N–H and O–H groups in total. The third kappa shape index (κ3) is 5.95. The summed E-state index contributed by atoms with van der Waals surface area (Å²) in [4.78, 5) is 4.15. The Morgan fingerprint density at radius 2 is 2.44 bits per heavy atom. The van der Waals surface area contributed by atoms with Gasteiger partial charge in [-0.25, -0.2) is 0 Å². The van der Waals surface area contributed by atoms with Gasteiger partial charge in [0.2, 0.25) is 0 Å². The standard InChI is InChI=1S/C6H11IN2/c1-5(3-8)4-9-6(2)7/h3,5,8H,4H2,1-2H3. The van der Waals surface area contributed by atoms with Crippen LogP contribution in [0.4, 0.5) is 0 Å². The summed E-state index contributed by atoms with van der Waals surface area (Å²) in [7, 11) is 0. The van der Waals surface area contributed by atoms with Gasteiger partial charge in [-0.05, 0) is 35.7 Å². The molecule has 0 amide bonds. The van der Waals surface area contributed by atoms with Gasteiger partial charge < -0.3 is 5.41 Å². The van der Waals surface area contributed by atoms with E-state index in [1.54, 1.807) is 0 Å². The summed E-state index contributed by atoms with van der Waals surface area (Å²) in [5.74, 6) is 0.287. The molecule has 52 valence electrons. The maximum atomic E-state index is 6.86. The van der Waals surface area contributed by atoms with Gasteiger partial charge in [0.05, 0.1) is 3.72 Å². The highest BCUT2D eigenvalue weighted by atomic mass is 127. The number of halogens is 1. The normalized spacial score (nSPS) is 15.2. The fourth-order valence-corrected chi connectivity index (χ4v) is 0.519. The van der Waals surface area contributed by atoms with E-state index >= 15 is 0 Å². The quantitative estimate of drug-likeness (QED) is 0.577. The smallest absolute Gasteiger partial charge is 0.0697 e. The molecule has 0 saturated heterocycles. The first-order chi connectivity index (χ1) is 4.16. The van der Waals surface area contributed by atoms with Crippen LogP contribution in [-0.4, -0.2) is 16.5 Å². The molecule has 0 bridgehead atoms. The van der Waals surface area contributed by atoms with E-state index in [0.29, 0.717) is 0 Å². The summed E-state index contributed by atoms with van der Waals surface area (Å²) in [6, 6.07) is 0. The lowest BCUT2D eigenvalue weighted by Crippen LogP contribution is -1.99. The van der Waals surface area contributed by atoms with Gasteiger partial charge in [-0.2, -0.15) is 0 Å². The van der Waals surface area contributed by atoms with Crippen molar-refractivity contribution in [2.24, 2.45) is 10.9 Å². The lowest BCUT2D eigenvalue weighted by Gasteiger charge is -1.97. The Labute approximate surface area is 69.4 Å². The van der Waals surface area contributed by atoms with Gasteiger partial charge >= 0.3 is 0 Å². The second kappa shape index (κ2) is 4.90. The molecule has 0 aliphatic carbocycles. The van der Waals surface area contributed by atoms with Crippen molar-refractivity contribution in [2.75, 3.05) is 6.54 Å². The topological polar surface area (TPSA) is 36.2 Å². The first kappa shape index (κ1) is 9.07. The van der Waals surface area contributed by atoms with Crippen molar-refractivity contribution < 1.29 is 0 Å². The Morgan fingerprint density at radius 1 is 1.89 bits per heavy atom. The molecule has 0 rings (SSSR count). The van der Waals surface area contributed by atoms with Crippen LogP contribution in [0.25, 0.3) is 0 Å². The maximum absolute atomic E-state index is 6.86. The van der Waals surface area contributed by atoms with Crippen LogP contribution in [0.5, 0.6) is 0 Å². The van der Waals surface area contributed by atoms with E-state index in [4.69, 9.17) is 5.41 Å². The fourth-order valence-electron chi connectivity index (χ4n) is 0.322. The summed E-state index contributed by atoms with van der Waals surface area (Å²) in [5, 5.41) is 6.86. The Hall–Kier alpha value is 0.0700. The molecule has 9 heavy (non-hydrogen) atoms. The molecular formula is C6H11IN2. The van der Waals surface area contributed by atoms with Crippen molar-refractivity contribution >= 4 is 32.5 Å². The molecule has 3 heteroatoms. The lowest BCUT2D eigenvalue weighted by atomic mass is 10.2. The maximum Gasteiger partial charge on any atom is 0.0697 e. The van der Waals surface area contributed by atoms with Gasteiger partial charge in [0, 0.05) is 12.5 Å². The molecule has 1 unspecified atom stereocenters. The third-order valence-electron chi connectivity index (χ3n) is 0.882. The van der Waals surface area contributed by atoms with Crippen LogP contribution in [0.1, 0.15) is 13.8 Å². The summed E-state index contributed by atoms with van der Waals surface area (Å²) < 4.78 is 1.06. The van der Waals surface area contributed by atoms with Crippen LogP contribution in [0.3, 0.4) is 0 Å². The van der Waals surface area contributed by atoms with Gasteiger partial charge in [0.15, 0.2) is 0 Å². The SMILES string of the molecule is CC(I)=NCC(C)C=N. The molecule has 0 spiro atoms. The van der Waals surface area contributed by atoms with Crippen molar-refractivity contribution in [3.63, 3.8) is 0 Å². The van der Waals surface area contributed by atoms with Crippen LogP contribution in [-0.2, 0) is 0 Å². The summed E-state index contributed by atoms with van der Waals surface area (Å²) >= 11 is 2.17. The number of hydrogen-bond donors (Lipinski definition) is 1. The molecule has 0 aromatic heterocycles. The van der Waals surface area contributed by atoms with Crippen LogP contribution in [0.2, 0.25) is 0 Å². The van der Waals surface area contributed by atoms with Gasteiger partial charge in [-0.3, -0.25) is 4.99 Å². The second-order valence-corrected chi connectivity index (χ2v) is 3.54. The van der Waals surface area contributed by atoms with Gasteiger partial charge in [-0.1, -0.05) is 6.92 Å². The van der Waals surface area contributed by atoms with E-state index in [9.17, 15) is 0 Å². The molecule has 0 radical (unpaired) electrons. The Bertz CT molecular complexity index is 116. The number of nitrogens with one attached hydrogen (secondary N) is 1. The molecule has 0 fully saturated rings. The predicted octanol–water partition coefficient (Wildman–Crippen LogP) is 2.13. The zero-order valence-corrected chi connectivity index (χ0v) is 7.84. The molecule has 0 aliphatic heterocycles. The van der Waals surface area contributed by atoms with E-state index < -0.39 is 0 Å². The van der Waals surface area contributed by atoms with Crippen LogP contribution in [0, 0.1) is 11.3 Å². The molecule has 0 saturated carbocycles. The zero-order valence-electron chi connectivity index (χ0n) is 5.69. The highest BCUT2D eigenvalue weighted by molar-refractivity contribution is 14.1. The van der Waals surface area contributed by atoms with Crippen molar-refractivity contribution in [3.05, 3.63) is 0 Å². The van der Waals surface area contributed by atoms with Crippen LogP contribution < -0.4 is 0 Å². The summed E-state index contributed by atoms with van der Waals surface area (Å²) in [6.45, 7) is 4.69.